The molecule has 0 heterocycles. The predicted octanol–water partition coefficient (Wildman–Crippen LogP) is 5.05. The third kappa shape index (κ3) is 5.24. The van der Waals surface area contributed by atoms with Gasteiger partial charge in [-0.2, -0.15) is 13.2 Å². The molecule has 0 fully saturated rings. The van der Waals surface area contributed by atoms with Crippen molar-refractivity contribution in [3.8, 4) is 0 Å². The van der Waals surface area contributed by atoms with Crippen LogP contribution in [0.15, 0.2) is 48.5 Å². The molecule has 0 aliphatic heterocycles. The van der Waals surface area contributed by atoms with Crippen molar-refractivity contribution in [2.24, 2.45) is 0 Å². The van der Waals surface area contributed by atoms with Gasteiger partial charge in [0.1, 0.15) is 0 Å². The molecular formula is C19H21F3N2O. The topological polar surface area (TPSA) is 41.1 Å². The predicted molar refractivity (Wildman–Crippen MR) is 93.7 cm³/mol. The molecule has 6 heteroatoms. The molecule has 0 aromatic heterocycles. The van der Waals surface area contributed by atoms with Crippen molar-refractivity contribution in [1.82, 2.24) is 0 Å². The van der Waals surface area contributed by atoms with Crippen molar-refractivity contribution >= 4 is 17.3 Å². The summed E-state index contributed by atoms with van der Waals surface area (Å²) in [7, 11) is 0. The van der Waals surface area contributed by atoms with Crippen LogP contribution < -0.4 is 10.6 Å². The average Bonchev–Trinajstić information content (AvgIpc) is 2.52. The van der Waals surface area contributed by atoms with E-state index < -0.39 is 17.6 Å². The van der Waals surface area contributed by atoms with Crippen LogP contribution in [-0.2, 0) is 16.4 Å². The number of halogens is 3. The van der Waals surface area contributed by atoms with E-state index in [2.05, 4.69) is 31.4 Å². The fraction of sp³-hybridized carbons (Fsp3) is 0.316. The van der Waals surface area contributed by atoms with Crippen molar-refractivity contribution in [2.75, 3.05) is 17.2 Å². The second-order valence-corrected chi connectivity index (χ2v) is 6.78. The summed E-state index contributed by atoms with van der Waals surface area (Å²) in [5, 5.41) is 5.53. The van der Waals surface area contributed by atoms with E-state index in [1.807, 2.05) is 24.3 Å². The SMILES string of the molecule is CC(C)(C)c1ccccc1NCC(=O)Nc1cccc(C(F)(F)F)c1. The number of nitrogens with one attached hydrogen (secondary N) is 2. The molecule has 0 radical (unpaired) electrons. The van der Waals surface area contributed by atoms with E-state index in [0.29, 0.717) is 0 Å². The lowest BCUT2D eigenvalue weighted by Crippen LogP contribution is -2.24. The Morgan fingerprint density at radius 2 is 1.68 bits per heavy atom. The van der Waals surface area contributed by atoms with Gasteiger partial charge in [0, 0.05) is 11.4 Å². The number of benzene rings is 2. The van der Waals surface area contributed by atoms with Crippen LogP contribution in [0.25, 0.3) is 0 Å². The fourth-order valence-corrected chi connectivity index (χ4v) is 2.45. The van der Waals surface area contributed by atoms with Gasteiger partial charge in [0.05, 0.1) is 12.1 Å². The van der Waals surface area contributed by atoms with Crippen molar-refractivity contribution < 1.29 is 18.0 Å². The molecule has 0 aliphatic carbocycles. The first-order valence-electron chi connectivity index (χ1n) is 7.88. The number of carbonyl (C=O) groups excluding carboxylic acids is 1. The maximum absolute atomic E-state index is 12.7. The van der Waals surface area contributed by atoms with E-state index in [1.54, 1.807) is 0 Å². The molecule has 0 saturated heterocycles. The van der Waals surface area contributed by atoms with Crippen LogP contribution in [0.1, 0.15) is 31.9 Å². The van der Waals surface area contributed by atoms with Crippen LogP contribution in [0.2, 0.25) is 0 Å². The Balaban J connectivity index is 2.03. The Hall–Kier alpha value is -2.50. The van der Waals surface area contributed by atoms with Crippen LogP contribution in [0, 0.1) is 0 Å². The smallest absolute Gasteiger partial charge is 0.376 e. The molecule has 2 aromatic carbocycles. The summed E-state index contributed by atoms with van der Waals surface area (Å²) in [4.78, 5) is 12.1. The lowest BCUT2D eigenvalue weighted by atomic mass is 9.86. The Bertz CT molecular complexity index is 749. The number of amides is 1. The van der Waals surface area contributed by atoms with Gasteiger partial charge < -0.3 is 10.6 Å². The van der Waals surface area contributed by atoms with Crippen molar-refractivity contribution in [3.05, 3.63) is 59.7 Å². The highest BCUT2D eigenvalue weighted by Crippen LogP contribution is 2.31. The maximum atomic E-state index is 12.7. The summed E-state index contributed by atoms with van der Waals surface area (Å²) in [6.45, 7) is 6.16. The Labute approximate surface area is 145 Å². The summed E-state index contributed by atoms with van der Waals surface area (Å²) in [5.41, 5.74) is 1.11. The van der Waals surface area contributed by atoms with Gasteiger partial charge in [0.15, 0.2) is 0 Å². The van der Waals surface area contributed by atoms with E-state index in [9.17, 15) is 18.0 Å². The number of anilines is 2. The lowest BCUT2D eigenvalue weighted by Gasteiger charge is -2.23. The number of rotatable bonds is 4. The van der Waals surface area contributed by atoms with Crippen molar-refractivity contribution in [2.45, 2.75) is 32.4 Å². The van der Waals surface area contributed by atoms with Crippen LogP contribution >= 0.6 is 0 Å². The minimum atomic E-state index is -4.44. The molecule has 2 rings (SSSR count). The van der Waals surface area contributed by atoms with Gasteiger partial charge in [-0.25, -0.2) is 0 Å². The minimum Gasteiger partial charge on any atom is -0.376 e. The lowest BCUT2D eigenvalue weighted by molar-refractivity contribution is -0.137. The highest BCUT2D eigenvalue weighted by atomic mass is 19.4. The first-order chi connectivity index (χ1) is 11.6. The number of hydrogen-bond acceptors (Lipinski definition) is 2. The largest absolute Gasteiger partial charge is 0.416 e. The molecule has 25 heavy (non-hydrogen) atoms. The van der Waals surface area contributed by atoms with Gasteiger partial charge in [-0.3, -0.25) is 4.79 Å². The zero-order valence-electron chi connectivity index (χ0n) is 14.4. The molecule has 0 unspecified atom stereocenters. The van der Waals surface area contributed by atoms with Gasteiger partial charge in [-0.05, 0) is 35.2 Å². The summed E-state index contributed by atoms with van der Waals surface area (Å²) in [5.74, 6) is -0.414. The summed E-state index contributed by atoms with van der Waals surface area (Å²) in [6, 6.07) is 12.2. The van der Waals surface area contributed by atoms with E-state index in [4.69, 9.17) is 0 Å². The van der Waals surface area contributed by atoms with Crippen LogP contribution in [0.5, 0.6) is 0 Å². The minimum absolute atomic E-state index is 0.0384. The molecule has 3 nitrogen and oxygen atoms in total. The quantitative estimate of drug-likeness (QED) is 0.810. The highest BCUT2D eigenvalue weighted by Gasteiger charge is 2.30. The molecule has 2 aromatic rings. The summed E-state index contributed by atoms with van der Waals surface area (Å²) < 4.78 is 38.1. The number of alkyl halides is 3. The van der Waals surface area contributed by atoms with Crippen LogP contribution in [0.4, 0.5) is 24.5 Å². The molecular weight excluding hydrogens is 329 g/mol. The molecule has 0 bridgehead atoms. The number of carbonyl (C=O) groups is 1. The standard InChI is InChI=1S/C19H21F3N2O/c1-18(2,3)15-9-4-5-10-16(15)23-12-17(25)24-14-8-6-7-13(11-14)19(20,21)22/h4-11,23H,12H2,1-3H3,(H,24,25). The molecule has 0 saturated carbocycles. The summed E-state index contributed by atoms with van der Waals surface area (Å²) >= 11 is 0. The highest BCUT2D eigenvalue weighted by molar-refractivity contribution is 5.93. The second-order valence-electron chi connectivity index (χ2n) is 6.78. The van der Waals surface area contributed by atoms with Crippen LogP contribution in [0.3, 0.4) is 0 Å². The zero-order chi connectivity index (χ0) is 18.7. The summed E-state index contributed by atoms with van der Waals surface area (Å²) in [6.07, 6.45) is -4.44. The average molecular weight is 350 g/mol. The molecule has 0 spiro atoms. The number of hydrogen-bond donors (Lipinski definition) is 2. The first kappa shape index (κ1) is 18.8. The Morgan fingerprint density at radius 1 is 1.00 bits per heavy atom. The van der Waals surface area contributed by atoms with Gasteiger partial charge in [0.25, 0.3) is 0 Å². The maximum Gasteiger partial charge on any atom is 0.416 e. The molecule has 1 amide bonds. The third-order valence-electron chi connectivity index (χ3n) is 3.65. The number of para-hydroxylation sites is 1. The van der Waals surface area contributed by atoms with E-state index in [-0.39, 0.29) is 17.6 Å². The van der Waals surface area contributed by atoms with E-state index >= 15 is 0 Å². The molecule has 2 N–H and O–H groups in total. The van der Waals surface area contributed by atoms with Crippen molar-refractivity contribution in [1.29, 1.82) is 0 Å². The Morgan fingerprint density at radius 3 is 2.32 bits per heavy atom. The van der Waals surface area contributed by atoms with Crippen LogP contribution in [-0.4, -0.2) is 12.5 Å². The van der Waals surface area contributed by atoms with Gasteiger partial charge in [0.2, 0.25) is 5.91 Å². The normalized spacial score (nSPS) is 11.9. The Kier molecular flexibility index (Phi) is 5.40. The first-order valence-corrected chi connectivity index (χ1v) is 7.88. The third-order valence-corrected chi connectivity index (χ3v) is 3.65. The van der Waals surface area contributed by atoms with Gasteiger partial charge in [-0.1, -0.05) is 45.0 Å². The van der Waals surface area contributed by atoms with Gasteiger partial charge in [-0.15, -0.1) is 0 Å². The zero-order valence-corrected chi connectivity index (χ0v) is 14.4. The van der Waals surface area contributed by atoms with E-state index in [0.717, 1.165) is 23.4 Å². The second kappa shape index (κ2) is 7.17. The molecule has 134 valence electrons. The fourth-order valence-electron chi connectivity index (χ4n) is 2.45. The van der Waals surface area contributed by atoms with Crippen molar-refractivity contribution in [3.63, 3.8) is 0 Å². The van der Waals surface area contributed by atoms with Gasteiger partial charge >= 0.3 is 6.18 Å². The van der Waals surface area contributed by atoms with E-state index in [1.165, 1.54) is 12.1 Å². The molecule has 0 atom stereocenters. The molecule has 0 aliphatic rings. The monoisotopic (exact) mass is 350 g/mol.